The molecule has 0 bridgehead atoms. The van der Waals surface area contributed by atoms with Crippen LogP contribution >= 0.6 is 15.9 Å². The SMILES string of the molecule is CCCCCCCOCC(CBr)CCC. The van der Waals surface area contributed by atoms with Crippen molar-refractivity contribution in [2.75, 3.05) is 18.5 Å². The third-order valence-electron chi connectivity index (χ3n) is 2.66. The van der Waals surface area contributed by atoms with Gasteiger partial charge in [0.15, 0.2) is 0 Å². The van der Waals surface area contributed by atoms with Crippen LogP contribution in [0.5, 0.6) is 0 Å². The molecule has 0 fully saturated rings. The lowest BCUT2D eigenvalue weighted by atomic mass is 10.1. The number of hydrogen-bond donors (Lipinski definition) is 0. The molecule has 0 spiro atoms. The fourth-order valence-electron chi connectivity index (χ4n) is 1.67. The molecule has 0 rings (SSSR count). The van der Waals surface area contributed by atoms with Crippen molar-refractivity contribution < 1.29 is 4.74 Å². The molecule has 0 aliphatic heterocycles. The van der Waals surface area contributed by atoms with Gasteiger partial charge in [0.1, 0.15) is 0 Å². The van der Waals surface area contributed by atoms with Crippen LogP contribution in [0, 0.1) is 5.92 Å². The first-order valence-electron chi connectivity index (χ1n) is 6.48. The first-order valence-corrected chi connectivity index (χ1v) is 7.61. The van der Waals surface area contributed by atoms with Gasteiger partial charge >= 0.3 is 0 Å². The van der Waals surface area contributed by atoms with Gasteiger partial charge in [-0.15, -0.1) is 0 Å². The molecule has 1 unspecified atom stereocenters. The molecule has 0 radical (unpaired) electrons. The summed E-state index contributed by atoms with van der Waals surface area (Å²) in [5.41, 5.74) is 0. The molecule has 0 aliphatic rings. The van der Waals surface area contributed by atoms with E-state index >= 15 is 0 Å². The molecule has 92 valence electrons. The van der Waals surface area contributed by atoms with Crippen LogP contribution in [-0.4, -0.2) is 18.5 Å². The van der Waals surface area contributed by atoms with Crippen molar-refractivity contribution in [1.82, 2.24) is 0 Å². The average molecular weight is 279 g/mol. The zero-order valence-corrected chi connectivity index (χ0v) is 12.0. The maximum Gasteiger partial charge on any atom is 0.0502 e. The highest BCUT2D eigenvalue weighted by Crippen LogP contribution is 2.10. The third-order valence-corrected chi connectivity index (χ3v) is 3.58. The summed E-state index contributed by atoms with van der Waals surface area (Å²) in [5, 5.41) is 1.08. The predicted octanol–water partition coefficient (Wildman–Crippen LogP) is 4.78. The van der Waals surface area contributed by atoms with E-state index in [1.165, 1.54) is 44.9 Å². The maximum absolute atomic E-state index is 5.69. The molecule has 0 heterocycles. The molecule has 0 aromatic rings. The van der Waals surface area contributed by atoms with Gasteiger partial charge in [-0.1, -0.05) is 61.9 Å². The monoisotopic (exact) mass is 278 g/mol. The Labute approximate surface area is 104 Å². The van der Waals surface area contributed by atoms with Crippen LogP contribution in [0.3, 0.4) is 0 Å². The molecular formula is C13H27BrO. The molecular weight excluding hydrogens is 252 g/mol. The Hall–Kier alpha value is 0.440. The van der Waals surface area contributed by atoms with E-state index in [9.17, 15) is 0 Å². The Morgan fingerprint density at radius 3 is 2.33 bits per heavy atom. The van der Waals surface area contributed by atoms with E-state index in [1.807, 2.05) is 0 Å². The molecule has 1 nitrogen and oxygen atoms in total. The van der Waals surface area contributed by atoms with Gasteiger partial charge < -0.3 is 4.74 Å². The molecule has 0 N–H and O–H groups in total. The van der Waals surface area contributed by atoms with E-state index in [4.69, 9.17) is 4.74 Å². The summed E-state index contributed by atoms with van der Waals surface area (Å²) in [5.74, 6) is 0.714. The van der Waals surface area contributed by atoms with Crippen LogP contribution in [0.25, 0.3) is 0 Å². The van der Waals surface area contributed by atoms with E-state index in [1.54, 1.807) is 0 Å². The molecule has 0 aromatic carbocycles. The largest absolute Gasteiger partial charge is 0.381 e. The minimum absolute atomic E-state index is 0.714. The van der Waals surface area contributed by atoms with Crippen molar-refractivity contribution >= 4 is 15.9 Å². The van der Waals surface area contributed by atoms with Crippen LogP contribution in [0.1, 0.15) is 58.8 Å². The average Bonchev–Trinajstić information content (AvgIpc) is 2.26. The Balaban J connectivity index is 3.14. The predicted molar refractivity (Wildman–Crippen MR) is 71.8 cm³/mol. The molecule has 0 aromatic heterocycles. The van der Waals surface area contributed by atoms with Gasteiger partial charge in [-0.05, 0) is 18.8 Å². The van der Waals surface area contributed by atoms with Crippen molar-refractivity contribution in [3.63, 3.8) is 0 Å². The van der Waals surface area contributed by atoms with Gasteiger partial charge in [0.05, 0.1) is 6.61 Å². The quantitative estimate of drug-likeness (QED) is 0.390. The smallest absolute Gasteiger partial charge is 0.0502 e. The number of halogens is 1. The summed E-state index contributed by atoms with van der Waals surface area (Å²) >= 11 is 3.54. The molecule has 0 saturated heterocycles. The van der Waals surface area contributed by atoms with Crippen LogP contribution in [0.2, 0.25) is 0 Å². The molecule has 0 amide bonds. The lowest BCUT2D eigenvalue weighted by Gasteiger charge is -2.13. The topological polar surface area (TPSA) is 9.23 Å². The second-order valence-electron chi connectivity index (χ2n) is 4.30. The van der Waals surface area contributed by atoms with Gasteiger partial charge in [0, 0.05) is 11.9 Å². The summed E-state index contributed by atoms with van der Waals surface area (Å²) in [6.07, 6.45) is 9.18. The number of alkyl halides is 1. The van der Waals surface area contributed by atoms with Crippen LogP contribution < -0.4 is 0 Å². The Kier molecular flexibility index (Phi) is 12.9. The number of unbranched alkanes of at least 4 members (excludes halogenated alkanes) is 4. The highest BCUT2D eigenvalue weighted by molar-refractivity contribution is 9.09. The van der Waals surface area contributed by atoms with Crippen molar-refractivity contribution in [2.45, 2.75) is 58.8 Å². The fourth-order valence-corrected chi connectivity index (χ4v) is 2.18. The van der Waals surface area contributed by atoms with Crippen LogP contribution in [0.15, 0.2) is 0 Å². The Bertz CT molecular complexity index is 117. The summed E-state index contributed by atoms with van der Waals surface area (Å²) < 4.78 is 5.69. The normalized spacial score (nSPS) is 13.0. The zero-order valence-electron chi connectivity index (χ0n) is 10.4. The van der Waals surface area contributed by atoms with Crippen molar-refractivity contribution in [3.05, 3.63) is 0 Å². The summed E-state index contributed by atoms with van der Waals surface area (Å²) in [6.45, 7) is 6.38. The van der Waals surface area contributed by atoms with Crippen LogP contribution in [-0.2, 0) is 4.74 Å². The molecule has 2 heteroatoms. The van der Waals surface area contributed by atoms with E-state index in [2.05, 4.69) is 29.8 Å². The van der Waals surface area contributed by atoms with Crippen molar-refractivity contribution in [1.29, 1.82) is 0 Å². The molecule has 15 heavy (non-hydrogen) atoms. The van der Waals surface area contributed by atoms with Crippen LogP contribution in [0.4, 0.5) is 0 Å². The number of hydrogen-bond acceptors (Lipinski definition) is 1. The summed E-state index contributed by atoms with van der Waals surface area (Å²) in [4.78, 5) is 0. The van der Waals surface area contributed by atoms with Gasteiger partial charge in [0.2, 0.25) is 0 Å². The lowest BCUT2D eigenvalue weighted by Crippen LogP contribution is -2.11. The summed E-state index contributed by atoms with van der Waals surface area (Å²) in [6, 6.07) is 0. The Morgan fingerprint density at radius 2 is 1.73 bits per heavy atom. The van der Waals surface area contributed by atoms with E-state index in [-0.39, 0.29) is 0 Å². The van der Waals surface area contributed by atoms with Crippen molar-refractivity contribution in [3.8, 4) is 0 Å². The fraction of sp³-hybridized carbons (Fsp3) is 1.00. The highest BCUT2D eigenvalue weighted by Gasteiger charge is 2.05. The first-order chi connectivity index (χ1) is 7.35. The molecule has 0 saturated carbocycles. The highest BCUT2D eigenvalue weighted by atomic mass is 79.9. The zero-order chi connectivity index (χ0) is 11.4. The molecule has 1 atom stereocenters. The maximum atomic E-state index is 5.69. The number of ether oxygens (including phenoxy) is 1. The third kappa shape index (κ3) is 10.7. The van der Waals surface area contributed by atoms with Gasteiger partial charge in [-0.25, -0.2) is 0 Å². The number of rotatable bonds is 11. The van der Waals surface area contributed by atoms with E-state index in [0.29, 0.717) is 5.92 Å². The standard InChI is InChI=1S/C13H27BrO/c1-3-5-6-7-8-10-15-12-13(11-14)9-4-2/h13H,3-12H2,1-2H3. The first kappa shape index (κ1) is 15.4. The van der Waals surface area contributed by atoms with Gasteiger partial charge in [0.25, 0.3) is 0 Å². The second kappa shape index (κ2) is 12.5. The Morgan fingerprint density at radius 1 is 1.00 bits per heavy atom. The minimum atomic E-state index is 0.714. The second-order valence-corrected chi connectivity index (χ2v) is 4.95. The van der Waals surface area contributed by atoms with Gasteiger partial charge in [-0.3, -0.25) is 0 Å². The molecule has 0 aliphatic carbocycles. The summed E-state index contributed by atoms with van der Waals surface area (Å²) in [7, 11) is 0. The van der Waals surface area contributed by atoms with E-state index in [0.717, 1.165) is 18.5 Å². The van der Waals surface area contributed by atoms with Crippen molar-refractivity contribution in [2.24, 2.45) is 5.92 Å². The van der Waals surface area contributed by atoms with E-state index < -0.39 is 0 Å². The lowest BCUT2D eigenvalue weighted by molar-refractivity contribution is 0.1000. The van der Waals surface area contributed by atoms with Gasteiger partial charge in [-0.2, -0.15) is 0 Å². The minimum Gasteiger partial charge on any atom is -0.381 e.